The van der Waals surface area contributed by atoms with Gasteiger partial charge in [0, 0.05) is 49.0 Å². The molecule has 138 valence electrons. The van der Waals surface area contributed by atoms with Crippen LogP contribution in [0.2, 0.25) is 0 Å². The van der Waals surface area contributed by atoms with Crippen molar-refractivity contribution >= 4 is 29.1 Å². The SMILES string of the molecule is CN=Cc1c(N)c(-c2cc(N)ccc2Nc2ccc(F)cn2)cn(C)c1=O. The van der Waals surface area contributed by atoms with Crippen LogP contribution in [0.1, 0.15) is 5.56 Å². The predicted octanol–water partition coefficient (Wildman–Crippen LogP) is 2.54. The number of rotatable bonds is 4. The van der Waals surface area contributed by atoms with Crippen LogP contribution in [-0.4, -0.2) is 22.8 Å². The van der Waals surface area contributed by atoms with E-state index in [0.29, 0.717) is 39.6 Å². The second-order valence-corrected chi connectivity index (χ2v) is 5.97. The monoisotopic (exact) mass is 366 g/mol. The molecule has 0 bridgehead atoms. The molecule has 3 aromatic rings. The summed E-state index contributed by atoms with van der Waals surface area (Å²) < 4.78 is 14.5. The molecule has 0 saturated carbocycles. The number of nitrogens with zero attached hydrogens (tertiary/aromatic N) is 3. The summed E-state index contributed by atoms with van der Waals surface area (Å²) in [4.78, 5) is 20.3. The van der Waals surface area contributed by atoms with Crippen LogP contribution in [0.25, 0.3) is 11.1 Å². The minimum absolute atomic E-state index is 0.250. The normalized spacial score (nSPS) is 11.1. The molecule has 5 N–H and O–H groups in total. The molecule has 0 radical (unpaired) electrons. The molecule has 2 heterocycles. The van der Waals surface area contributed by atoms with Crippen molar-refractivity contribution < 1.29 is 4.39 Å². The van der Waals surface area contributed by atoms with Crippen molar-refractivity contribution in [3.8, 4) is 11.1 Å². The number of hydrogen-bond acceptors (Lipinski definition) is 6. The van der Waals surface area contributed by atoms with Gasteiger partial charge in [-0.3, -0.25) is 9.79 Å². The van der Waals surface area contributed by atoms with Gasteiger partial charge in [-0.05, 0) is 30.3 Å². The van der Waals surface area contributed by atoms with Gasteiger partial charge in [-0.25, -0.2) is 9.37 Å². The van der Waals surface area contributed by atoms with E-state index in [1.807, 2.05) is 0 Å². The summed E-state index contributed by atoms with van der Waals surface area (Å²) >= 11 is 0. The number of halogens is 1. The zero-order valence-electron chi connectivity index (χ0n) is 14.9. The first-order valence-electron chi connectivity index (χ1n) is 8.10. The number of hydrogen-bond donors (Lipinski definition) is 3. The molecule has 0 unspecified atom stereocenters. The van der Waals surface area contributed by atoms with Crippen LogP contribution in [0.4, 0.5) is 27.3 Å². The first-order chi connectivity index (χ1) is 12.9. The van der Waals surface area contributed by atoms with Crippen molar-refractivity contribution in [1.29, 1.82) is 0 Å². The van der Waals surface area contributed by atoms with E-state index in [4.69, 9.17) is 11.5 Å². The highest BCUT2D eigenvalue weighted by Crippen LogP contribution is 2.35. The lowest BCUT2D eigenvalue weighted by atomic mass is 10.0. The number of aliphatic imine (C=N–C) groups is 1. The van der Waals surface area contributed by atoms with Gasteiger partial charge in [0.05, 0.1) is 17.4 Å². The average molecular weight is 366 g/mol. The van der Waals surface area contributed by atoms with Gasteiger partial charge < -0.3 is 21.4 Å². The van der Waals surface area contributed by atoms with Crippen molar-refractivity contribution in [1.82, 2.24) is 9.55 Å². The maximum absolute atomic E-state index is 13.1. The fraction of sp³-hybridized carbons (Fsp3) is 0.105. The molecule has 2 aromatic heterocycles. The van der Waals surface area contributed by atoms with Crippen molar-refractivity contribution in [2.24, 2.45) is 12.0 Å². The Labute approximate surface area is 155 Å². The Balaban J connectivity index is 2.18. The van der Waals surface area contributed by atoms with Gasteiger partial charge in [0.2, 0.25) is 0 Å². The minimum atomic E-state index is -0.427. The Morgan fingerprint density at radius 2 is 2.00 bits per heavy atom. The van der Waals surface area contributed by atoms with Crippen LogP contribution >= 0.6 is 0 Å². The van der Waals surface area contributed by atoms with E-state index in [1.54, 1.807) is 38.5 Å². The van der Waals surface area contributed by atoms with Crippen LogP contribution < -0.4 is 22.3 Å². The molecule has 0 spiro atoms. The summed E-state index contributed by atoms with van der Waals surface area (Å²) in [6.45, 7) is 0. The maximum atomic E-state index is 13.1. The van der Waals surface area contributed by atoms with Gasteiger partial charge in [-0.1, -0.05) is 0 Å². The Kier molecular flexibility index (Phi) is 4.89. The molecule has 0 atom stereocenters. The number of aromatic nitrogens is 2. The molecule has 0 amide bonds. The Bertz CT molecular complexity index is 1070. The van der Waals surface area contributed by atoms with Crippen LogP contribution in [0.3, 0.4) is 0 Å². The number of nitrogen functional groups attached to an aromatic ring is 2. The van der Waals surface area contributed by atoms with Crippen LogP contribution in [-0.2, 0) is 7.05 Å². The van der Waals surface area contributed by atoms with Crippen molar-refractivity contribution in [2.75, 3.05) is 23.8 Å². The molecule has 8 heteroatoms. The average Bonchev–Trinajstić information content (AvgIpc) is 2.65. The van der Waals surface area contributed by atoms with E-state index >= 15 is 0 Å². The summed E-state index contributed by atoms with van der Waals surface area (Å²) in [6.07, 6.45) is 4.19. The summed E-state index contributed by atoms with van der Waals surface area (Å²) in [5.41, 5.74) is 15.1. The quantitative estimate of drug-likeness (QED) is 0.485. The van der Waals surface area contributed by atoms with E-state index in [-0.39, 0.29) is 5.56 Å². The van der Waals surface area contributed by atoms with Crippen molar-refractivity contribution in [3.63, 3.8) is 0 Å². The van der Waals surface area contributed by atoms with E-state index in [0.717, 1.165) is 6.20 Å². The van der Waals surface area contributed by atoms with Gasteiger partial charge in [0.1, 0.15) is 11.6 Å². The fourth-order valence-corrected chi connectivity index (χ4v) is 2.72. The highest BCUT2D eigenvalue weighted by atomic mass is 19.1. The first-order valence-corrected chi connectivity index (χ1v) is 8.10. The summed E-state index contributed by atoms with van der Waals surface area (Å²) in [5.74, 6) is 0.0324. The third kappa shape index (κ3) is 3.64. The largest absolute Gasteiger partial charge is 0.399 e. The number of nitrogens with two attached hydrogens (primary N) is 2. The van der Waals surface area contributed by atoms with E-state index in [2.05, 4.69) is 15.3 Å². The Hall–Kier alpha value is -3.68. The standard InChI is InChI=1S/C19H19FN6O/c1-23-9-14-18(22)15(10-26(2)19(14)27)13-7-12(21)4-5-16(13)25-17-6-3-11(20)8-24-17/h3-10H,21-22H2,1-2H3,(H,24,25). The van der Waals surface area contributed by atoms with E-state index in [9.17, 15) is 9.18 Å². The highest BCUT2D eigenvalue weighted by Gasteiger charge is 2.16. The second-order valence-electron chi connectivity index (χ2n) is 5.97. The minimum Gasteiger partial charge on any atom is -0.399 e. The Morgan fingerprint density at radius 1 is 1.22 bits per heavy atom. The van der Waals surface area contributed by atoms with Gasteiger partial charge in [0.25, 0.3) is 5.56 Å². The lowest BCUT2D eigenvalue weighted by Gasteiger charge is -2.16. The second kappa shape index (κ2) is 7.28. The highest BCUT2D eigenvalue weighted by molar-refractivity contribution is 5.96. The number of nitrogens with one attached hydrogen (secondary N) is 1. The molecule has 0 fully saturated rings. The van der Waals surface area contributed by atoms with Gasteiger partial charge in [0.15, 0.2) is 0 Å². The number of anilines is 4. The molecular formula is C19H19FN6O. The molecular weight excluding hydrogens is 347 g/mol. The summed E-state index contributed by atoms with van der Waals surface area (Å²) in [5, 5.41) is 3.13. The first kappa shape index (κ1) is 18.1. The number of aryl methyl sites for hydroxylation is 1. The molecule has 27 heavy (non-hydrogen) atoms. The number of benzene rings is 1. The Morgan fingerprint density at radius 3 is 2.67 bits per heavy atom. The molecule has 0 aliphatic rings. The van der Waals surface area contributed by atoms with Gasteiger partial charge >= 0.3 is 0 Å². The lowest BCUT2D eigenvalue weighted by molar-refractivity contribution is 0.622. The van der Waals surface area contributed by atoms with E-state index < -0.39 is 5.82 Å². The van der Waals surface area contributed by atoms with E-state index in [1.165, 1.54) is 22.9 Å². The summed E-state index contributed by atoms with van der Waals surface area (Å²) in [7, 11) is 3.21. The topological polar surface area (TPSA) is 111 Å². The molecule has 0 saturated heterocycles. The fourth-order valence-electron chi connectivity index (χ4n) is 2.72. The van der Waals surface area contributed by atoms with Crippen molar-refractivity contribution in [2.45, 2.75) is 0 Å². The predicted molar refractivity (Wildman–Crippen MR) is 107 cm³/mol. The third-order valence-corrected chi connectivity index (χ3v) is 4.04. The zero-order valence-corrected chi connectivity index (χ0v) is 14.9. The van der Waals surface area contributed by atoms with Gasteiger partial charge in [-0.15, -0.1) is 0 Å². The lowest BCUT2D eigenvalue weighted by Crippen LogP contribution is -2.23. The van der Waals surface area contributed by atoms with Crippen LogP contribution in [0, 0.1) is 5.82 Å². The van der Waals surface area contributed by atoms with Crippen molar-refractivity contribution in [3.05, 3.63) is 64.5 Å². The van der Waals surface area contributed by atoms with Crippen LogP contribution in [0.5, 0.6) is 0 Å². The maximum Gasteiger partial charge on any atom is 0.261 e. The van der Waals surface area contributed by atoms with Crippen LogP contribution in [0.15, 0.2) is 52.5 Å². The molecule has 3 rings (SSSR count). The molecule has 0 aliphatic heterocycles. The molecule has 7 nitrogen and oxygen atoms in total. The molecule has 0 aliphatic carbocycles. The zero-order chi connectivity index (χ0) is 19.6. The number of pyridine rings is 2. The smallest absolute Gasteiger partial charge is 0.261 e. The molecule has 1 aromatic carbocycles. The summed E-state index contributed by atoms with van der Waals surface area (Å²) in [6, 6.07) is 8.07. The third-order valence-electron chi connectivity index (χ3n) is 4.04. The van der Waals surface area contributed by atoms with Gasteiger partial charge in [-0.2, -0.15) is 0 Å².